The van der Waals surface area contributed by atoms with E-state index in [1.807, 2.05) is 0 Å². The largest absolute Gasteiger partial charge is 0.481 e. The van der Waals surface area contributed by atoms with Gasteiger partial charge in [0.25, 0.3) is 0 Å². The summed E-state index contributed by atoms with van der Waals surface area (Å²) in [6, 6.07) is 7.09. The summed E-state index contributed by atoms with van der Waals surface area (Å²) in [4.78, 5) is 10.8. The molecule has 0 unspecified atom stereocenters. The predicted octanol–water partition coefficient (Wildman–Crippen LogP) is 0.850. The van der Waals surface area contributed by atoms with Gasteiger partial charge in [-0.15, -0.1) is 5.10 Å². The van der Waals surface area contributed by atoms with E-state index in [0.717, 1.165) is 11.3 Å². The lowest BCUT2D eigenvalue weighted by Crippen LogP contribution is -2.07. The van der Waals surface area contributed by atoms with E-state index in [1.54, 1.807) is 31.2 Å². The van der Waals surface area contributed by atoms with Crippen LogP contribution in [0.25, 0.3) is 5.69 Å². The Labute approximate surface area is 91.5 Å². The molecule has 0 aliphatic carbocycles. The number of nitrogens with zero attached hydrogens (tertiary/aromatic N) is 4. The van der Waals surface area contributed by atoms with Crippen molar-refractivity contribution in [1.29, 1.82) is 0 Å². The second kappa shape index (κ2) is 4.09. The van der Waals surface area contributed by atoms with Crippen molar-refractivity contribution in [2.45, 2.75) is 12.8 Å². The summed E-state index contributed by atoms with van der Waals surface area (Å²) < 4.78 is 1.51. The van der Waals surface area contributed by atoms with Gasteiger partial charge in [-0.2, -0.15) is 0 Å². The summed E-state index contributed by atoms with van der Waals surface area (Å²) in [6.45, 7) is 1.65. The molecule has 1 aromatic carbocycles. The average Bonchev–Trinajstić information content (AvgIpc) is 2.81. The fraction of sp³-hybridized carbons (Fsp3) is 0.200. The van der Waals surface area contributed by atoms with E-state index < -0.39 is 11.9 Å². The molecule has 1 atom stereocenters. The fourth-order valence-electron chi connectivity index (χ4n) is 1.34. The number of benzene rings is 1. The molecular weight excluding hydrogens is 208 g/mol. The molecule has 0 fully saturated rings. The first kappa shape index (κ1) is 10.3. The normalized spacial score (nSPS) is 12.3. The van der Waals surface area contributed by atoms with Gasteiger partial charge in [0, 0.05) is 0 Å². The van der Waals surface area contributed by atoms with E-state index >= 15 is 0 Å². The number of carboxylic acids is 1. The van der Waals surface area contributed by atoms with Gasteiger partial charge in [0.05, 0.1) is 11.6 Å². The lowest BCUT2D eigenvalue weighted by atomic mass is 10.0. The van der Waals surface area contributed by atoms with Gasteiger partial charge in [-0.3, -0.25) is 4.79 Å². The fourth-order valence-corrected chi connectivity index (χ4v) is 1.34. The summed E-state index contributed by atoms with van der Waals surface area (Å²) in [6.07, 6.45) is 1.48. The highest BCUT2D eigenvalue weighted by Crippen LogP contribution is 2.17. The number of rotatable bonds is 3. The van der Waals surface area contributed by atoms with Crippen molar-refractivity contribution in [1.82, 2.24) is 20.2 Å². The summed E-state index contributed by atoms with van der Waals surface area (Å²) >= 11 is 0. The number of aromatic nitrogens is 4. The third kappa shape index (κ3) is 1.90. The Kier molecular flexibility index (Phi) is 2.63. The van der Waals surface area contributed by atoms with Gasteiger partial charge in [0.15, 0.2) is 0 Å². The molecule has 0 spiro atoms. The highest BCUT2D eigenvalue weighted by atomic mass is 16.4. The first-order valence-electron chi connectivity index (χ1n) is 4.74. The molecule has 0 amide bonds. The maximum Gasteiger partial charge on any atom is 0.310 e. The highest BCUT2D eigenvalue weighted by molar-refractivity contribution is 5.75. The Balaban J connectivity index is 2.26. The number of tetrazole rings is 1. The minimum atomic E-state index is -0.838. The second-order valence-electron chi connectivity index (χ2n) is 3.41. The Morgan fingerprint density at radius 2 is 2.06 bits per heavy atom. The first-order valence-corrected chi connectivity index (χ1v) is 4.74. The summed E-state index contributed by atoms with van der Waals surface area (Å²) in [5.74, 6) is -1.35. The zero-order valence-corrected chi connectivity index (χ0v) is 8.61. The lowest BCUT2D eigenvalue weighted by molar-refractivity contribution is -0.138. The van der Waals surface area contributed by atoms with Gasteiger partial charge in [-0.05, 0) is 35.0 Å². The van der Waals surface area contributed by atoms with Crippen LogP contribution in [0.1, 0.15) is 18.4 Å². The van der Waals surface area contributed by atoms with E-state index in [0.29, 0.717) is 0 Å². The molecule has 1 heterocycles. The predicted molar refractivity (Wildman–Crippen MR) is 55.2 cm³/mol. The molecular formula is C10H10N4O2. The Hall–Kier alpha value is -2.24. The van der Waals surface area contributed by atoms with Crippen molar-refractivity contribution >= 4 is 5.97 Å². The van der Waals surface area contributed by atoms with Gasteiger partial charge in [0.2, 0.25) is 0 Å². The zero-order chi connectivity index (χ0) is 11.5. The Morgan fingerprint density at radius 3 is 2.56 bits per heavy atom. The molecule has 6 heteroatoms. The third-order valence-electron chi connectivity index (χ3n) is 2.38. The zero-order valence-electron chi connectivity index (χ0n) is 8.61. The van der Waals surface area contributed by atoms with Crippen molar-refractivity contribution < 1.29 is 9.90 Å². The van der Waals surface area contributed by atoms with Crippen LogP contribution in [0, 0.1) is 0 Å². The van der Waals surface area contributed by atoms with Crippen LogP contribution in [0.15, 0.2) is 30.6 Å². The maximum atomic E-state index is 10.8. The number of aliphatic carboxylic acids is 1. The summed E-state index contributed by atoms with van der Waals surface area (Å²) in [7, 11) is 0. The number of carboxylic acid groups (broad SMARTS) is 1. The average molecular weight is 218 g/mol. The molecule has 0 aliphatic rings. The van der Waals surface area contributed by atoms with Crippen LogP contribution in [-0.4, -0.2) is 31.3 Å². The van der Waals surface area contributed by atoms with Crippen LogP contribution in [0.4, 0.5) is 0 Å². The third-order valence-corrected chi connectivity index (χ3v) is 2.38. The molecule has 82 valence electrons. The van der Waals surface area contributed by atoms with E-state index in [2.05, 4.69) is 15.5 Å². The van der Waals surface area contributed by atoms with Crippen LogP contribution < -0.4 is 0 Å². The molecule has 0 bridgehead atoms. The van der Waals surface area contributed by atoms with E-state index in [-0.39, 0.29) is 0 Å². The molecule has 0 radical (unpaired) electrons. The number of hydrogen-bond donors (Lipinski definition) is 1. The SMILES string of the molecule is C[C@H](C(=O)O)c1ccc(-n2cnnn2)cc1. The Morgan fingerprint density at radius 1 is 1.38 bits per heavy atom. The van der Waals surface area contributed by atoms with Gasteiger partial charge >= 0.3 is 5.97 Å². The molecule has 0 aliphatic heterocycles. The minimum Gasteiger partial charge on any atom is -0.481 e. The summed E-state index contributed by atoms with van der Waals surface area (Å²) in [5.41, 5.74) is 1.55. The molecule has 6 nitrogen and oxygen atoms in total. The van der Waals surface area contributed by atoms with Crippen molar-refractivity contribution in [2.24, 2.45) is 0 Å². The maximum absolute atomic E-state index is 10.8. The summed E-state index contributed by atoms with van der Waals surface area (Å²) in [5, 5.41) is 19.6. The molecule has 1 N–H and O–H groups in total. The smallest absolute Gasteiger partial charge is 0.310 e. The Bertz CT molecular complexity index is 478. The first-order chi connectivity index (χ1) is 7.68. The number of hydrogen-bond acceptors (Lipinski definition) is 4. The molecule has 0 saturated carbocycles. The van der Waals surface area contributed by atoms with Crippen LogP contribution in [-0.2, 0) is 4.79 Å². The van der Waals surface area contributed by atoms with Crippen molar-refractivity contribution in [3.05, 3.63) is 36.2 Å². The monoisotopic (exact) mass is 218 g/mol. The lowest BCUT2D eigenvalue weighted by Gasteiger charge is -2.07. The standard InChI is InChI=1S/C10H10N4O2/c1-7(10(15)16)8-2-4-9(5-3-8)14-6-11-12-13-14/h2-7H,1H3,(H,15,16)/t7-/m0/s1. The van der Waals surface area contributed by atoms with E-state index in [1.165, 1.54) is 11.0 Å². The van der Waals surface area contributed by atoms with Crippen molar-refractivity contribution in [3.8, 4) is 5.69 Å². The van der Waals surface area contributed by atoms with Gasteiger partial charge in [0.1, 0.15) is 6.33 Å². The van der Waals surface area contributed by atoms with Crippen LogP contribution in [0.2, 0.25) is 0 Å². The van der Waals surface area contributed by atoms with Gasteiger partial charge < -0.3 is 5.11 Å². The molecule has 2 aromatic rings. The van der Waals surface area contributed by atoms with Crippen molar-refractivity contribution in [3.63, 3.8) is 0 Å². The van der Waals surface area contributed by atoms with Crippen LogP contribution in [0.5, 0.6) is 0 Å². The van der Waals surface area contributed by atoms with E-state index in [9.17, 15) is 4.79 Å². The minimum absolute atomic E-state index is 0.511. The van der Waals surface area contributed by atoms with E-state index in [4.69, 9.17) is 5.11 Å². The molecule has 1 aromatic heterocycles. The number of carbonyl (C=O) groups is 1. The highest BCUT2D eigenvalue weighted by Gasteiger charge is 2.13. The molecule has 0 saturated heterocycles. The molecule has 2 rings (SSSR count). The topological polar surface area (TPSA) is 80.9 Å². The van der Waals surface area contributed by atoms with Crippen molar-refractivity contribution in [2.75, 3.05) is 0 Å². The van der Waals surface area contributed by atoms with Gasteiger partial charge in [-0.1, -0.05) is 12.1 Å². The molecule has 16 heavy (non-hydrogen) atoms. The van der Waals surface area contributed by atoms with Crippen LogP contribution >= 0.6 is 0 Å². The quantitative estimate of drug-likeness (QED) is 0.825. The van der Waals surface area contributed by atoms with Crippen LogP contribution in [0.3, 0.4) is 0 Å². The van der Waals surface area contributed by atoms with Gasteiger partial charge in [-0.25, -0.2) is 4.68 Å². The second-order valence-corrected chi connectivity index (χ2v) is 3.41.